The van der Waals surface area contributed by atoms with Gasteiger partial charge in [0.2, 0.25) is 8.32 Å². The number of hydrogen-bond donors (Lipinski definition) is 0. The fraction of sp³-hybridized carbons (Fsp3) is 0.500. The van der Waals surface area contributed by atoms with E-state index in [0.29, 0.717) is 0 Å². The first kappa shape index (κ1) is 12.3. The molecule has 0 aliphatic heterocycles. The Morgan fingerprint density at radius 3 is 2.40 bits per heavy atom. The highest BCUT2D eigenvalue weighted by Crippen LogP contribution is 2.14. The normalized spacial score (nSPS) is 11.5. The van der Waals surface area contributed by atoms with Crippen LogP contribution in [0.3, 0.4) is 0 Å². The summed E-state index contributed by atoms with van der Waals surface area (Å²) in [6, 6.07) is 6.33. The maximum atomic E-state index is 5.85. The first-order chi connectivity index (χ1) is 6.99. The monoisotopic (exact) mass is 224 g/mol. The molecule has 0 unspecified atom stereocenters. The predicted molar refractivity (Wildman–Crippen MR) is 66.5 cm³/mol. The van der Waals surface area contributed by atoms with Crippen molar-refractivity contribution in [2.75, 3.05) is 13.7 Å². The molecule has 0 aliphatic carbocycles. The minimum absolute atomic E-state index is 0.773. The molecule has 84 valence electrons. The van der Waals surface area contributed by atoms with Gasteiger partial charge in [0.15, 0.2) is 0 Å². The van der Waals surface area contributed by atoms with Gasteiger partial charge in [0.05, 0.1) is 7.11 Å². The second-order valence-electron chi connectivity index (χ2n) is 4.18. The molecule has 2 nitrogen and oxygen atoms in total. The molecular formula is C12H20O2Si. The van der Waals surface area contributed by atoms with Gasteiger partial charge < -0.3 is 9.16 Å². The molecule has 0 bridgehead atoms. The van der Waals surface area contributed by atoms with Crippen molar-refractivity contribution in [1.82, 2.24) is 0 Å². The molecule has 0 spiro atoms. The Kier molecular flexibility index (Phi) is 3.94. The van der Waals surface area contributed by atoms with Crippen molar-refractivity contribution in [2.45, 2.75) is 26.9 Å². The summed E-state index contributed by atoms with van der Waals surface area (Å²) in [4.78, 5) is 0. The first-order valence-electron chi connectivity index (χ1n) is 5.29. The molecule has 1 aromatic carbocycles. The fourth-order valence-electron chi connectivity index (χ4n) is 1.66. The highest BCUT2D eigenvalue weighted by molar-refractivity contribution is 6.84. The molecule has 0 atom stereocenters. The summed E-state index contributed by atoms with van der Waals surface area (Å²) in [7, 11) is -0.0363. The van der Waals surface area contributed by atoms with E-state index in [-0.39, 0.29) is 0 Å². The van der Waals surface area contributed by atoms with Gasteiger partial charge >= 0.3 is 0 Å². The summed E-state index contributed by atoms with van der Waals surface area (Å²) >= 11 is 0. The zero-order valence-electron chi connectivity index (χ0n) is 10.3. The quantitative estimate of drug-likeness (QED) is 0.731. The van der Waals surface area contributed by atoms with E-state index in [1.807, 2.05) is 13.0 Å². The van der Waals surface area contributed by atoms with Crippen LogP contribution in [0.15, 0.2) is 18.2 Å². The van der Waals surface area contributed by atoms with Gasteiger partial charge in [-0.15, -0.1) is 0 Å². The van der Waals surface area contributed by atoms with Crippen LogP contribution in [-0.2, 0) is 4.43 Å². The van der Waals surface area contributed by atoms with Crippen LogP contribution in [0.2, 0.25) is 13.1 Å². The molecule has 1 rings (SSSR count). The topological polar surface area (TPSA) is 18.5 Å². The number of aryl methyl sites for hydroxylation is 1. The third kappa shape index (κ3) is 3.07. The van der Waals surface area contributed by atoms with Gasteiger partial charge in [0.25, 0.3) is 0 Å². The Bertz CT molecular complexity index is 334. The van der Waals surface area contributed by atoms with Crippen molar-refractivity contribution in [3.63, 3.8) is 0 Å². The Morgan fingerprint density at radius 2 is 1.87 bits per heavy atom. The van der Waals surface area contributed by atoms with E-state index in [4.69, 9.17) is 9.16 Å². The molecule has 15 heavy (non-hydrogen) atoms. The van der Waals surface area contributed by atoms with Crippen molar-refractivity contribution < 1.29 is 9.16 Å². The molecule has 0 aliphatic rings. The number of rotatable bonds is 4. The zero-order chi connectivity index (χ0) is 11.5. The van der Waals surface area contributed by atoms with Gasteiger partial charge in [-0.25, -0.2) is 0 Å². The summed E-state index contributed by atoms with van der Waals surface area (Å²) < 4.78 is 11.1. The third-order valence-corrected chi connectivity index (χ3v) is 5.18. The van der Waals surface area contributed by atoms with Crippen LogP contribution in [0, 0.1) is 6.92 Å². The third-order valence-electron chi connectivity index (χ3n) is 2.49. The van der Waals surface area contributed by atoms with Gasteiger partial charge in [-0.1, -0.05) is 6.07 Å². The van der Waals surface area contributed by atoms with Gasteiger partial charge in [0.1, 0.15) is 5.75 Å². The SMILES string of the molecule is CCO[Si](C)(C)c1cc(C)cc(OC)c1. The van der Waals surface area contributed by atoms with E-state index in [1.165, 1.54) is 10.8 Å². The lowest BCUT2D eigenvalue weighted by Crippen LogP contribution is -2.44. The van der Waals surface area contributed by atoms with Crippen LogP contribution < -0.4 is 9.92 Å². The number of methoxy groups -OCH3 is 1. The van der Waals surface area contributed by atoms with Crippen LogP contribution in [0.4, 0.5) is 0 Å². The Labute approximate surface area is 93.4 Å². The minimum Gasteiger partial charge on any atom is -0.497 e. The molecule has 0 fully saturated rings. The highest BCUT2D eigenvalue weighted by Gasteiger charge is 2.25. The van der Waals surface area contributed by atoms with Crippen molar-refractivity contribution in [3.8, 4) is 5.75 Å². The van der Waals surface area contributed by atoms with Crippen LogP contribution in [0.25, 0.3) is 0 Å². The second-order valence-corrected chi connectivity index (χ2v) is 8.07. The standard InChI is InChI=1S/C12H20O2Si/c1-6-14-15(4,5)12-8-10(2)7-11(9-12)13-3/h7-9H,6H2,1-5H3. The van der Waals surface area contributed by atoms with E-state index in [0.717, 1.165) is 12.4 Å². The van der Waals surface area contributed by atoms with Gasteiger partial charge in [0, 0.05) is 6.61 Å². The Morgan fingerprint density at radius 1 is 1.20 bits per heavy atom. The fourth-order valence-corrected chi connectivity index (χ4v) is 3.61. The van der Waals surface area contributed by atoms with Crippen LogP contribution in [-0.4, -0.2) is 22.0 Å². The molecule has 1 aromatic rings. The van der Waals surface area contributed by atoms with Crippen molar-refractivity contribution >= 4 is 13.5 Å². The van der Waals surface area contributed by atoms with Crippen molar-refractivity contribution in [1.29, 1.82) is 0 Å². The van der Waals surface area contributed by atoms with Crippen molar-refractivity contribution in [3.05, 3.63) is 23.8 Å². The summed E-state index contributed by atoms with van der Waals surface area (Å²) in [5.41, 5.74) is 1.23. The molecule has 0 saturated carbocycles. The lowest BCUT2D eigenvalue weighted by atomic mass is 10.2. The largest absolute Gasteiger partial charge is 0.497 e. The van der Waals surface area contributed by atoms with E-state index in [2.05, 4.69) is 32.2 Å². The molecule has 0 radical (unpaired) electrons. The van der Waals surface area contributed by atoms with Gasteiger partial charge in [-0.3, -0.25) is 0 Å². The molecule has 0 saturated heterocycles. The maximum absolute atomic E-state index is 5.85. The molecule has 0 heterocycles. The van der Waals surface area contributed by atoms with Gasteiger partial charge in [-0.05, 0) is 49.8 Å². The second kappa shape index (κ2) is 4.81. The lowest BCUT2D eigenvalue weighted by Gasteiger charge is -2.23. The zero-order valence-corrected chi connectivity index (χ0v) is 11.3. The van der Waals surface area contributed by atoms with Crippen molar-refractivity contribution in [2.24, 2.45) is 0 Å². The molecular weight excluding hydrogens is 204 g/mol. The number of ether oxygens (including phenoxy) is 1. The molecule has 0 aromatic heterocycles. The van der Waals surface area contributed by atoms with Gasteiger partial charge in [-0.2, -0.15) is 0 Å². The Hall–Kier alpha value is -0.803. The first-order valence-corrected chi connectivity index (χ1v) is 8.20. The smallest absolute Gasteiger partial charge is 0.218 e. The highest BCUT2D eigenvalue weighted by atomic mass is 28.4. The molecule has 0 amide bonds. The lowest BCUT2D eigenvalue weighted by molar-refractivity contribution is 0.338. The average Bonchev–Trinajstić information content (AvgIpc) is 2.16. The molecule has 3 heteroatoms. The predicted octanol–water partition coefficient (Wildman–Crippen LogP) is 2.45. The number of hydrogen-bond acceptors (Lipinski definition) is 2. The molecule has 0 N–H and O–H groups in total. The average molecular weight is 224 g/mol. The summed E-state index contributed by atoms with van der Waals surface area (Å²) in [5.74, 6) is 0.922. The number of benzene rings is 1. The summed E-state index contributed by atoms with van der Waals surface area (Å²) in [6.45, 7) is 9.33. The van der Waals surface area contributed by atoms with E-state index >= 15 is 0 Å². The maximum Gasteiger partial charge on any atom is 0.218 e. The van der Waals surface area contributed by atoms with Crippen LogP contribution >= 0.6 is 0 Å². The minimum atomic E-state index is -1.74. The summed E-state index contributed by atoms with van der Waals surface area (Å²) in [5, 5.41) is 1.29. The van der Waals surface area contributed by atoms with E-state index in [9.17, 15) is 0 Å². The van der Waals surface area contributed by atoms with E-state index < -0.39 is 8.32 Å². The van der Waals surface area contributed by atoms with E-state index in [1.54, 1.807) is 7.11 Å². The Balaban J connectivity index is 3.07. The van der Waals surface area contributed by atoms with Crippen LogP contribution in [0.5, 0.6) is 5.75 Å². The van der Waals surface area contributed by atoms with Crippen LogP contribution in [0.1, 0.15) is 12.5 Å². The summed E-state index contributed by atoms with van der Waals surface area (Å²) in [6.07, 6.45) is 0.